The molecule has 7 nitrogen and oxygen atoms in total. The van der Waals surface area contributed by atoms with Crippen LogP contribution in [0.5, 0.6) is 0 Å². The summed E-state index contributed by atoms with van der Waals surface area (Å²) in [5, 5.41) is 3.14. The van der Waals surface area contributed by atoms with Crippen LogP contribution in [0.1, 0.15) is 32.8 Å². The zero-order valence-corrected chi connectivity index (χ0v) is 12.4. The molecule has 4 N–H and O–H groups in total. The molecule has 1 rings (SSSR count). The van der Waals surface area contributed by atoms with Crippen molar-refractivity contribution < 1.29 is 9.53 Å². The molecule has 1 atom stereocenters. The van der Waals surface area contributed by atoms with Gasteiger partial charge in [0.15, 0.2) is 0 Å². The Labute approximate surface area is 119 Å². The summed E-state index contributed by atoms with van der Waals surface area (Å²) in [5.41, 5.74) is 3.43. The van der Waals surface area contributed by atoms with Crippen molar-refractivity contribution in [2.24, 2.45) is 11.8 Å². The SMILES string of the molecule is CCCc1c(NN)ncnc1NC(C(=O)OC)C(C)C. The van der Waals surface area contributed by atoms with E-state index in [9.17, 15) is 4.79 Å². The Morgan fingerprint density at radius 2 is 2.05 bits per heavy atom. The Kier molecular flexibility index (Phi) is 6.17. The van der Waals surface area contributed by atoms with E-state index in [1.165, 1.54) is 13.4 Å². The number of hydrogen-bond acceptors (Lipinski definition) is 7. The lowest BCUT2D eigenvalue weighted by Gasteiger charge is -2.22. The molecule has 112 valence electrons. The minimum atomic E-state index is -0.462. The van der Waals surface area contributed by atoms with E-state index in [0.717, 1.165) is 18.4 Å². The van der Waals surface area contributed by atoms with Gasteiger partial charge in [-0.15, -0.1) is 0 Å². The van der Waals surface area contributed by atoms with Crippen LogP contribution < -0.4 is 16.6 Å². The number of hydrogen-bond donors (Lipinski definition) is 3. The minimum Gasteiger partial charge on any atom is -0.467 e. The van der Waals surface area contributed by atoms with Gasteiger partial charge in [-0.25, -0.2) is 20.6 Å². The molecule has 20 heavy (non-hydrogen) atoms. The molecule has 1 heterocycles. The summed E-state index contributed by atoms with van der Waals surface area (Å²) in [5.74, 6) is 6.40. The Morgan fingerprint density at radius 1 is 1.40 bits per heavy atom. The van der Waals surface area contributed by atoms with Crippen molar-refractivity contribution in [1.29, 1.82) is 0 Å². The van der Waals surface area contributed by atoms with Crippen LogP contribution >= 0.6 is 0 Å². The Hall–Kier alpha value is -1.89. The molecule has 1 unspecified atom stereocenters. The van der Waals surface area contributed by atoms with Crippen molar-refractivity contribution in [2.45, 2.75) is 39.7 Å². The molecule has 0 aliphatic rings. The molecule has 0 aromatic carbocycles. The number of aromatic nitrogens is 2. The van der Waals surface area contributed by atoms with Crippen molar-refractivity contribution in [2.75, 3.05) is 17.9 Å². The third-order valence-electron chi connectivity index (χ3n) is 3.00. The monoisotopic (exact) mass is 281 g/mol. The Balaban J connectivity index is 3.08. The standard InChI is InChI=1S/C13H23N5O2/c1-5-6-9-11(15-7-16-12(9)18-14)17-10(8(2)3)13(19)20-4/h7-8,10H,5-6,14H2,1-4H3,(H2,15,16,17,18). The molecule has 0 saturated carbocycles. The molecule has 0 radical (unpaired) electrons. The van der Waals surface area contributed by atoms with Crippen LogP contribution in [-0.2, 0) is 16.0 Å². The second-order valence-corrected chi connectivity index (χ2v) is 4.83. The van der Waals surface area contributed by atoms with Crippen LogP contribution in [0.4, 0.5) is 11.6 Å². The van der Waals surface area contributed by atoms with Gasteiger partial charge in [0.1, 0.15) is 24.0 Å². The molecule has 0 fully saturated rings. The predicted molar refractivity (Wildman–Crippen MR) is 78.1 cm³/mol. The maximum absolute atomic E-state index is 11.8. The summed E-state index contributed by atoms with van der Waals surface area (Å²) in [7, 11) is 1.37. The van der Waals surface area contributed by atoms with Crippen molar-refractivity contribution >= 4 is 17.6 Å². The largest absolute Gasteiger partial charge is 0.467 e. The summed E-state index contributed by atoms with van der Waals surface area (Å²) in [6, 6.07) is -0.462. The average molecular weight is 281 g/mol. The van der Waals surface area contributed by atoms with Gasteiger partial charge in [-0.05, 0) is 12.3 Å². The number of rotatable bonds is 7. The molecule has 0 amide bonds. The molecule has 1 aromatic heterocycles. The number of ether oxygens (including phenoxy) is 1. The number of esters is 1. The van der Waals surface area contributed by atoms with Gasteiger partial charge in [0, 0.05) is 5.56 Å². The van der Waals surface area contributed by atoms with Crippen molar-refractivity contribution in [3.63, 3.8) is 0 Å². The highest BCUT2D eigenvalue weighted by Crippen LogP contribution is 2.23. The lowest BCUT2D eigenvalue weighted by molar-refractivity contribution is -0.142. The van der Waals surface area contributed by atoms with Crippen LogP contribution in [0.2, 0.25) is 0 Å². The first-order valence-electron chi connectivity index (χ1n) is 6.69. The van der Waals surface area contributed by atoms with Gasteiger partial charge >= 0.3 is 5.97 Å². The van der Waals surface area contributed by atoms with E-state index >= 15 is 0 Å². The van der Waals surface area contributed by atoms with Crippen molar-refractivity contribution in [1.82, 2.24) is 9.97 Å². The Bertz CT molecular complexity index is 450. The fourth-order valence-electron chi connectivity index (χ4n) is 1.92. The van der Waals surface area contributed by atoms with Gasteiger partial charge < -0.3 is 15.5 Å². The summed E-state index contributed by atoms with van der Waals surface area (Å²) in [6.07, 6.45) is 3.08. The highest BCUT2D eigenvalue weighted by atomic mass is 16.5. The lowest BCUT2D eigenvalue weighted by atomic mass is 10.0. The van der Waals surface area contributed by atoms with Gasteiger partial charge in [-0.1, -0.05) is 27.2 Å². The summed E-state index contributed by atoms with van der Waals surface area (Å²) in [4.78, 5) is 20.1. The van der Waals surface area contributed by atoms with Crippen LogP contribution in [-0.4, -0.2) is 29.1 Å². The quantitative estimate of drug-likeness (QED) is 0.393. The molecule has 0 aliphatic heterocycles. The average Bonchev–Trinajstić information content (AvgIpc) is 2.45. The van der Waals surface area contributed by atoms with Crippen LogP contribution in [0.25, 0.3) is 0 Å². The first kappa shape index (κ1) is 16.2. The number of carbonyl (C=O) groups excluding carboxylic acids is 1. The highest BCUT2D eigenvalue weighted by Gasteiger charge is 2.24. The first-order valence-corrected chi connectivity index (χ1v) is 6.69. The van der Waals surface area contributed by atoms with E-state index in [2.05, 4.69) is 27.6 Å². The third kappa shape index (κ3) is 3.80. The number of hydrazine groups is 1. The second kappa shape index (κ2) is 7.64. The number of nitrogens with one attached hydrogen (secondary N) is 2. The third-order valence-corrected chi connectivity index (χ3v) is 3.00. The van der Waals surface area contributed by atoms with Crippen LogP contribution in [0.3, 0.4) is 0 Å². The molecule has 1 aromatic rings. The van der Waals surface area contributed by atoms with Crippen LogP contribution in [0, 0.1) is 5.92 Å². The van der Waals surface area contributed by atoms with Crippen LogP contribution in [0.15, 0.2) is 6.33 Å². The van der Waals surface area contributed by atoms with E-state index in [1.54, 1.807) is 0 Å². The van der Waals surface area contributed by atoms with Crippen molar-refractivity contribution in [3.8, 4) is 0 Å². The molecule has 0 bridgehead atoms. The number of anilines is 2. The van der Waals surface area contributed by atoms with E-state index in [4.69, 9.17) is 10.6 Å². The van der Waals surface area contributed by atoms with Gasteiger partial charge in [0.2, 0.25) is 0 Å². The van der Waals surface area contributed by atoms with Gasteiger partial charge in [0.25, 0.3) is 0 Å². The zero-order chi connectivity index (χ0) is 15.1. The number of nitrogens with two attached hydrogens (primary N) is 1. The summed E-state index contributed by atoms with van der Waals surface area (Å²) in [6.45, 7) is 5.94. The smallest absolute Gasteiger partial charge is 0.328 e. The number of methoxy groups -OCH3 is 1. The minimum absolute atomic E-state index is 0.0705. The molecule has 0 saturated heterocycles. The van der Waals surface area contributed by atoms with Crippen molar-refractivity contribution in [3.05, 3.63) is 11.9 Å². The number of nitrogens with zero attached hydrogens (tertiary/aromatic N) is 2. The second-order valence-electron chi connectivity index (χ2n) is 4.83. The fourth-order valence-corrected chi connectivity index (χ4v) is 1.92. The molecule has 7 heteroatoms. The Morgan fingerprint density at radius 3 is 2.55 bits per heavy atom. The van der Waals surface area contributed by atoms with Gasteiger partial charge in [-0.2, -0.15) is 0 Å². The fraction of sp³-hybridized carbons (Fsp3) is 0.615. The van der Waals surface area contributed by atoms with Gasteiger partial charge in [0.05, 0.1) is 7.11 Å². The zero-order valence-electron chi connectivity index (χ0n) is 12.4. The topological polar surface area (TPSA) is 102 Å². The molecule has 0 aliphatic carbocycles. The maximum Gasteiger partial charge on any atom is 0.328 e. The normalized spacial score (nSPS) is 12.1. The summed E-state index contributed by atoms with van der Waals surface area (Å²) >= 11 is 0. The lowest BCUT2D eigenvalue weighted by Crippen LogP contribution is -2.36. The van der Waals surface area contributed by atoms with E-state index in [1.807, 2.05) is 13.8 Å². The van der Waals surface area contributed by atoms with E-state index < -0.39 is 6.04 Å². The van der Waals surface area contributed by atoms with E-state index in [-0.39, 0.29) is 11.9 Å². The molecular formula is C13H23N5O2. The first-order chi connectivity index (χ1) is 9.54. The highest BCUT2D eigenvalue weighted by molar-refractivity contribution is 5.79. The predicted octanol–water partition coefficient (Wildman–Crippen LogP) is 1.32. The van der Waals surface area contributed by atoms with Gasteiger partial charge in [-0.3, -0.25) is 0 Å². The molecule has 0 spiro atoms. The summed E-state index contributed by atoms with van der Waals surface area (Å²) < 4.78 is 4.82. The van der Waals surface area contributed by atoms with E-state index in [0.29, 0.717) is 11.6 Å². The molecular weight excluding hydrogens is 258 g/mol. The number of nitrogen functional groups attached to an aromatic ring is 1. The number of carbonyl (C=O) groups is 1. The maximum atomic E-state index is 11.8.